The summed E-state index contributed by atoms with van der Waals surface area (Å²) in [6, 6.07) is 17.8. The molecular weight excluding hydrogens is 270 g/mol. The van der Waals surface area contributed by atoms with Gasteiger partial charge in [0.1, 0.15) is 0 Å². The second-order valence-corrected chi connectivity index (χ2v) is 4.88. The highest BCUT2D eigenvalue weighted by atomic mass is 35.5. The van der Waals surface area contributed by atoms with Crippen molar-refractivity contribution in [3.8, 4) is 0 Å². The summed E-state index contributed by atoms with van der Waals surface area (Å²) in [5.74, 6) is 0. The number of benzene rings is 2. The molecule has 0 amide bonds. The third-order valence-corrected chi connectivity index (χ3v) is 3.48. The van der Waals surface area contributed by atoms with E-state index in [-0.39, 0.29) is 18.4 Å². The van der Waals surface area contributed by atoms with Gasteiger partial charge in [0, 0.05) is 6.42 Å². The van der Waals surface area contributed by atoms with Gasteiger partial charge in [-0.25, -0.2) is 0 Å². The molecule has 0 saturated heterocycles. The van der Waals surface area contributed by atoms with Crippen LogP contribution in [0.4, 0.5) is 0 Å². The van der Waals surface area contributed by atoms with E-state index in [9.17, 15) is 5.11 Å². The number of halogens is 1. The molecule has 3 heteroatoms. The van der Waals surface area contributed by atoms with Gasteiger partial charge in [-0.15, -0.1) is 12.4 Å². The highest BCUT2D eigenvalue weighted by Crippen LogP contribution is 2.18. The monoisotopic (exact) mass is 291 g/mol. The minimum atomic E-state index is -0.560. The van der Waals surface area contributed by atoms with Crippen molar-refractivity contribution in [2.75, 3.05) is 0 Å². The molecule has 0 saturated carbocycles. The Morgan fingerprint density at radius 1 is 0.950 bits per heavy atom. The molecule has 0 heterocycles. The van der Waals surface area contributed by atoms with Crippen LogP contribution in [0.25, 0.3) is 0 Å². The number of aliphatic hydroxyl groups is 1. The summed E-state index contributed by atoms with van der Waals surface area (Å²) in [5, 5.41) is 10.2. The summed E-state index contributed by atoms with van der Waals surface area (Å²) in [4.78, 5) is 0. The molecule has 0 bridgehead atoms. The molecule has 0 radical (unpaired) electrons. The average Bonchev–Trinajstić information content (AvgIpc) is 2.47. The molecular formula is C17H22ClNO. The van der Waals surface area contributed by atoms with Gasteiger partial charge < -0.3 is 10.8 Å². The second-order valence-electron chi connectivity index (χ2n) is 4.88. The van der Waals surface area contributed by atoms with Crippen LogP contribution in [0.3, 0.4) is 0 Å². The van der Waals surface area contributed by atoms with E-state index in [0.717, 1.165) is 17.5 Å². The fraction of sp³-hybridized carbons (Fsp3) is 0.294. The lowest BCUT2D eigenvalue weighted by molar-refractivity contribution is 0.145. The first kappa shape index (κ1) is 16.7. The molecule has 2 nitrogen and oxygen atoms in total. The van der Waals surface area contributed by atoms with Crippen molar-refractivity contribution in [1.29, 1.82) is 0 Å². The zero-order chi connectivity index (χ0) is 13.7. The van der Waals surface area contributed by atoms with Crippen LogP contribution in [-0.2, 0) is 12.8 Å². The Bertz CT molecular complexity index is 498. The van der Waals surface area contributed by atoms with E-state index in [1.54, 1.807) is 0 Å². The maximum Gasteiger partial charge on any atom is 0.0773 e. The van der Waals surface area contributed by atoms with E-state index in [0.29, 0.717) is 6.42 Å². The van der Waals surface area contributed by atoms with E-state index in [4.69, 9.17) is 5.73 Å². The van der Waals surface area contributed by atoms with Crippen LogP contribution >= 0.6 is 12.4 Å². The highest BCUT2D eigenvalue weighted by Gasteiger charge is 2.17. The van der Waals surface area contributed by atoms with Crippen LogP contribution in [0.15, 0.2) is 54.6 Å². The van der Waals surface area contributed by atoms with E-state index in [1.165, 1.54) is 5.56 Å². The fourth-order valence-corrected chi connectivity index (χ4v) is 2.18. The van der Waals surface area contributed by atoms with Crippen LogP contribution in [0.5, 0.6) is 0 Å². The fourth-order valence-electron chi connectivity index (χ4n) is 2.18. The summed E-state index contributed by atoms with van der Waals surface area (Å²) < 4.78 is 0. The largest absolute Gasteiger partial charge is 0.391 e. The lowest BCUT2D eigenvalue weighted by Crippen LogP contribution is -2.28. The van der Waals surface area contributed by atoms with Gasteiger partial charge in [0.15, 0.2) is 0 Å². The third-order valence-electron chi connectivity index (χ3n) is 3.48. The standard InChI is InChI=1S/C17H21NO.ClH/c1-2-13-8-10-15(11-9-13)17(18)16(19)12-14-6-4-3-5-7-14;/h3-11,16-17,19H,2,12,18H2,1H3;1H/t16-,17+;/m1./s1. The molecule has 0 aliphatic rings. The Hall–Kier alpha value is -1.35. The zero-order valence-electron chi connectivity index (χ0n) is 11.7. The minimum Gasteiger partial charge on any atom is -0.391 e. The molecule has 2 aromatic rings. The van der Waals surface area contributed by atoms with Crippen molar-refractivity contribution < 1.29 is 5.11 Å². The number of hydrogen-bond donors (Lipinski definition) is 2. The molecule has 0 fully saturated rings. The Kier molecular flexibility index (Phi) is 6.73. The molecule has 108 valence electrons. The quantitative estimate of drug-likeness (QED) is 0.888. The van der Waals surface area contributed by atoms with Crippen LogP contribution in [-0.4, -0.2) is 11.2 Å². The van der Waals surface area contributed by atoms with Crippen molar-refractivity contribution in [3.63, 3.8) is 0 Å². The third kappa shape index (κ3) is 4.34. The SMILES string of the molecule is CCc1ccc([C@H](N)[C@H](O)Cc2ccccc2)cc1.Cl. The number of nitrogens with two attached hydrogens (primary N) is 1. The average molecular weight is 292 g/mol. The summed E-state index contributed by atoms with van der Waals surface area (Å²) in [7, 11) is 0. The van der Waals surface area contributed by atoms with Gasteiger partial charge in [0.05, 0.1) is 12.1 Å². The molecule has 20 heavy (non-hydrogen) atoms. The number of rotatable bonds is 5. The Balaban J connectivity index is 0.00000200. The molecule has 0 spiro atoms. The molecule has 0 aliphatic heterocycles. The predicted molar refractivity (Wildman–Crippen MR) is 86.1 cm³/mol. The van der Waals surface area contributed by atoms with Gasteiger partial charge >= 0.3 is 0 Å². The number of aryl methyl sites for hydroxylation is 1. The van der Waals surface area contributed by atoms with Gasteiger partial charge in [-0.2, -0.15) is 0 Å². The van der Waals surface area contributed by atoms with E-state index >= 15 is 0 Å². The van der Waals surface area contributed by atoms with Crippen molar-refractivity contribution in [2.45, 2.75) is 31.9 Å². The van der Waals surface area contributed by atoms with Crippen LogP contribution in [0.2, 0.25) is 0 Å². The first-order valence-corrected chi connectivity index (χ1v) is 6.77. The number of hydrogen-bond acceptors (Lipinski definition) is 2. The molecule has 3 N–H and O–H groups in total. The predicted octanol–water partition coefficient (Wildman–Crippen LogP) is 3.27. The lowest BCUT2D eigenvalue weighted by Gasteiger charge is -2.19. The normalized spacial score (nSPS) is 13.3. The second kappa shape index (κ2) is 8.05. The molecule has 0 aliphatic carbocycles. The Labute approximate surface area is 127 Å². The summed E-state index contributed by atoms with van der Waals surface area (Å²) in [6.07, 6.45) is 1.04. The maximum absolute atomic E-state index is 10.2. The number of aliphatic hydroxyl groups excluding tert-OH is 1. The first-order chi connectivity index (χ1) is 9.20. The zero-order valence-corrected chi connectivity index (χ0v) is 12.5. The summed E-state index contributed by atoms with van der Waals surface area (Å²) >= 11 is 0. The Morgan fingerprint density at radius 3 is 2.10 bits per heavy atom. The van der Waals surface area contributed by atoms with E-state index in [1.807, 2.05) is 42.5 Å². The van der Waals surface area contributed by atoms with Crippen LogP contribution in [0, 0.1) is 0 Å². The van der Waals surface area contributed by atoms with E-state index < -0.39 is 6.10 Å². The molecule has 2 aromatic carbocycles. The molecule has 0 aromatic heterocycles. The summed E-state index contributed by atoms with van der Waals surface area (Å²) in [5.41, 5.74) is 9.51. The van der Waals surface area contributed by atoms with Gasteiger partial charge in [-0.1, -0.05) is 61.5 Å². The van der Waals surface area contributed by atoms with Crippen LogP contribution < -0.4 is 5.73 Å². The Morgan fingerprint density at radius 2 is 1.55 bits per heavy atom. The first-order valence-electron chi connectivity index (χ1n) is 6.77. The van der Waals surface area contributed by atoms with E-state index in [2.05, 4.69) is 19.1 Å². The topological polar surface area (TPSA) is 46.2 Å². The van der Waals surface area contributed by atoms with Crippen molar-refractivity contribution >= 4 is 12.4 Å². The van der Waals surface area contributed by atoms with Crippen molar-refractivity contribution in [3.05, 3.63) is 71.3 Å². The smallest absolute Gasteiger partial charge is 0.0773 e. The van der Waals surface area contributed by atoms with Gasteiger partial charge in [0.25, 0.3) is 0 Å². The molecule has 2 atom stereocenters. The van der Waals surface area contributed by atoms with Gasteiger partial charge in [0.2, 0.25) is 0 Å². The minimum absolute atomic E-state index is 0. The van der Waals surface area contributed by atoms with Gasteiger partial charge in [-0.05, 0) is 23.1 Å². The van der Waals surface area contributed by atoms with Gasteiger partial charge in [-0.3, -0.25) is 0 Å². The van der Waals surface area contributed by atoms with Crippen LogP contribution in [0.1, 0.15) is 29.7 Å². The van der Waals surface area contributed by atoms with Crippen molar-refractivity contribution in [1.82, 2.24) is 0 Å². The lowest BCUT2D eigenvalue weighted by atomic mass is 9.96. The molecule has 0 unspecified atom stereocenters. The highest BCUT2D eigenvalue weighted by molar-refractivity contribution is 5.85. The van der Waals surface area contributed by atoms with Crippen molar-refractivity contribution in [2.24, 2.45) is 5.73 Å². The molecule has 2 rings (SSSR count). The maximum atomic E-state index is 10.2. The summed E-state index contributed by atoms with van der Waals surface area (Å²) in [6.45, 7) is 2.12.